The summed E-state index contributed by atoms with van der Waals surface area (Å²) in [4.78, 5) is 40.6. The van der Waals surface area contributed by atoms with Crippen LogP contribution >= 0.6 is 0 Å². The number of hydrogen-bond acceptors (Lipinski definition) is 9. The van der Waals surface area contributed by atoms with Crippen molar-refractivity contribution < 1.29 is 41.4 Å². The maximum Gasteiger partial charge on any atom is 0.415 e. The zero-order valence-electron chi connectivity index (χ0n) is 21.8. The summed E-state index contributed by atoms with van der Waals surface area (Å²) in [5.74, 6) is -0.611. The van der Waals surface area contributed by atoms with E-state index in [9.17, 15) is 28.0 Å². The number of nitrogens with one attached hydrogen (secondary N) is 1. The SMILES string of the molecule is CCCC(NC(=O)Oc1cc2cccc(OC)c2o1)C(=O)N1CCC2C1C(=O)CN2S(=O)(=O)c1cccc[n+]1[O-]. The molecule has 1 aromatic carbocycles. The number of likely N-dealkylation sites (tertiary alicyclic amines) is 1. The fourth-order valence-electron chi connectivity index (χ4n) is 5.31. The lowest BCUT2D eigenvalue weighted by molar-refractivity contribution is -0.646. The zero-order chi connectivity index (χ0) is 28.6. The van der Waals surface area contributed by atoms with Crippen LogP contribution in [0.2, 0.25) is 0 Å². The number of aromatic nitrogens is 1. The number of methoxy groups -OCH3 is 1. The highest BCUT2D eigenvalue weighted by Gasteiger charge is 2.55. The molecule has 0 saturated carbocycles. The Bertz CT molecular complexity index is 1570. The minimum Gasteiger partial charge on any atom is -0.618 e. The Morgan fingerprint density at radius 2 is 2.05 bits per heavy atom. The molecule has 3 aromatic rings. The third-order valence-electron chi connectivity index (χ3n) is 7.09. The van der Waals surface area contributed by atoms with Gasteiger partial charge in [-0.2, -0.15) is 9.04 Å². The standard InChI is InChI=1S/C26H28N4O9S/c1-3-7-17(27-26(33)39-22-14-16-8-6-9-20(37-2)24(16)38-22)25(32)28-13-11-18-23(28)19(31)15-30(18)40(35,36)21-10-4-5-12-29(21)34/h4-6,8-10,12,14,17-18,23H,3,7,11,13,15H2,1-2H3,(H,27,33). The van der Waals surface area contributed by atoms with Gasteiger partial charge in [0, 0.05) is 30.1 Å². The van der Waals surface area contributed by atoms with Crippen LogP contribution in [0.5, 0.6) is 11.7 Å². The molecule has 1 N–H and O–H groups in total. The number of nitrogens with zero attached hydrogens (tertiary/aromatic N) is 3. The van der Waals surface area contributed by atoms with Gasteiger partial charge in [0.15, 0.2) is 23.3 Å². The van der Waals surface area contributed by atoms with Crippen LogP contribution in [-0.4, -0.2) is 73.7 Å². The molecule has 13 nitrogen and oxygen atoms in total. The summed E-state index contributed by atoms with van der Waals surface area (Å²) in [5, 5.41) is 14.9. The Hall–Kier alpha value is -4.17. The van der Waals surface area contributed by atoms with Gasteiger partial charge in [0.1, 0.15) is 12.1 Å². The fraction of sp³-hybridized carbons (Fsp3) is 0.385. The van der Waals surface area contributed by atoms with Crippen LogP contribution in [0.25, 0.3) is 11.0 Å². The Kier molecular flexibility index (Phi) is 7.38. The predicted octanol–water partition coefficient (Wildman–Crippen LogP) is 1.57. The van der Waals surface area contributed by atoms with Crippen LogP contribution < -0.4 is 19.5 Å². The van der Waals surface area contributed by atoms with Crippen molar-refractivity contribution in [1.29, 1.82) is 0 Å². The van der Waals surface area contributed by atoms with E-state index in [2.05, 4.69) is 5.32 Å². The Balaban J connectivity index is 1.30. The normalized spacial score (nSPS) is 19.9. The molecule has 4 heterocycles. The molecular formula is C26H28N4O9S. The summed E-state index contributed by atoms with van der Waals surface area (Å²) in [5.41, 5.74) is 0.398. The third kappa shape index (κ3) is 4.84. The maximum absolute atomic E-state index is 13.6. The van der Waals surface area contributed by atoms with Crippen molar-refractivity contribution in [3.8, 4) is 11.7 Å². The Labute approximate surface area is 229 Å². The van der Waals surface area contributed by atoms with Gasteiger partial charge in [-0.25, -0.2) is 13.2 Å². The molecule has 0 radical (unpaired) electrons. The summed E-state index contributed by atoms with van der Waals surface area (Å²) in [7, 11) is -2.80. The molecule has 14 heteroatoms. The monoisotopic (exact) mass is 572 g/mol. The quantitative estimate of drug-likeness (QED) is 0.312. The average Bonchev–Trinajstić information content (AvgIpc) is 3.63. The van der Waals surface area contributed by atoms with E-state index >= 15 is 0 Å². The van der Waals surface area contributed by atoms with Crippen molar-refractivity contribution in [3.05, 3.63) is 53.9 Å². The third-order valence-corrected chi connectivity index (χ3v) is 8.95. The first kappa shape index (κ1) is 27.4. The lowest BCUT2D eigenvalue weighted by Gasteiger charge is -2.27. The highest BCUT2D eigenvalue weighted by Crippen LogP contribution is 2.34. The van der Waals surface area contributed by atoms with Gasteiger partial charge >= 0.3 is 21.1 Å². The number of furan rings is 1. The number of carbonyl (C=O) groups is 3. The minimum absolute atomic E-state index is 0.0933. The highest BCUT2D eigenvalue weighted by atomic mass is 32.2. The van der Waals surface area contributed by atoms with E-state index in [1.165, 1.54) is 36.3 Å². The molecule has 212 valence electrons. The van der Waals surface area contributed by atoms with Crippen molar-refractivity contribution in [2.45, 2.75) is 49.3 Å². The van der Waals surface area contributed by atoms with Crippen LogP contribution in [0.1, 0.15) is 26.2 Å². The van der Waals surface area contributed by atoms with Crippen molar-refractivity contribution in [2.24, 2.45) is 0 Å². The number of benzene rings is 1. The van der Waals surface area contributed by atoms with Gasteiger partial charge in [0.25, 0.3) is 5.95 Å². The van der Waals surface area contributed by atoms with E-state index in [1.54, 1.807) is 18.2 Å². The number of rotatable bonds is 8. The number of fused-ring (bicyclic) bond motifs is 2. The molecule has 5 rings (SSSR count). The molecule has 2 aromatic heterocycles. The highest BCUT2D eigenvalue weighted by molar-refractivity contribution is 7.89. The summed E-state index contributed by atoms with van der Waals surface area (Å²) in [6.07, 6.45) is 1.14. The van der Waals surface area contributed by atoms with Crippen molar-refractivity contribution >= 4 is 38.8 Å². The number of carbonyl (C=O) groups excluding carboxylic acids is 3. The summed E-state index contributed by atoms with van der Waals surface area (Å²) in [6.45, 7) is 1.48. The van der Waals surface area contributed by atoms with Gasteiger partial charge in [0.2, 0.25) is 5.91 Å². The number of amides is 2. The van der Waals surface area contributed by atoms with Gasteiger partial charge in [-0.15, -0.1) is 0 Å². The van der Waals surface area contributed by atoms with E-state index in [1.807, 2.05) is 6.92 Å². The van der Waals surface area contributed by atoms with Gasteiger partial charge in [-0.3, -0.25) is 9.59 Å². The van der Waals surface area contributed by atoms with E-state index in [0.29, 0.717) is 23.1 Å². The molecule has 40 heavy (non-hydrogen) atoms. The molecule has 3 atom stereocenters. The van der Waals surface area contributed by atoms with Crippen LogP contribution in [-0.2, 0) is 19.6 Å². The van der Waals surface area contributed by atoms with Crippen molar-refractivity contribution in [2.75, 3.05) is 20.2 Å². The second kappa shape index (κ2) is 10.8. The van der Waals surface area contributed by atoms with Gasteiger partial charge in [0.05, 0.1) is 19.7 Å². The lowest BCUT2D eigenvalue weighted by Crippen LogP contribution is -2.53. The zero-order valence-corrected chi connectivity index (χ0v) is 22.6. The maximum atomic E-state index is 13.6. The minimum atomic E-state index is -4.29. The number of ether oxygens (including phenoxy) is 2. The number of ketones is 1. The molecule has 2 aliphatic heterocycles. The summed E-state index contributed by atoms with van der Waals surface area (Å²) in [6, 6.07) is 7.86. The molecule has 2 aliphatic rings. The molecule has 2 amide bonds. The smallest absolute Gasteiger partial charge is 0.415 e. The van der Waals surface area contributed by atoms with E-state index in [0.717, 1.165) is 10.5 Å². The predicted molar refractivity (Wildman–Crippen MR) is 139 cm³/mol. The second-order valence-corrected chi connectivity index (χ2v) is 11.4. The molecule has 2 fully saturated rings. The average molecular weight is 573 g/mol. The molecule has 0 spiro atoms. The summed E-state index contributed by atoms with van der Waals surface area (Å²) < 4.78 is 43.8. The molecule has 3 unspecified atom stereocenters. The van der Waals surface area contributed by atoms with Crippen LogP contribution in [0.3, 0.4) is 0 Å². The van der Waals surface area contributed by atoms with Crippen LogP contribution in [0.15, 0.2) is 58.1 Å². The van der Waals surface area contributed by atoms with Crippen molar-refractivity contribution in [1.82, 2.24) is 14.5 Å². The fourth-order valence-corrected chi connectivity index (χ4v) is 6.96. The molecule has 0 aliphatic carbocycles. The molecule has 0 bridgehead atoms. The Morgan fingerprint density at radius 3 is 2.77 bits per heavy atom. The van der Waals surface area contributed by atoms with Crippen LogP contribution in [0, 0.1) is 5.21 Å². The van der Waals surface area contributed by atoms with Crippen LogP contribution in [0.4, 0.5) is 4.79 Å². The number of sulfonamides is 1. The van der Waals surface area contributed by atoms with E-state index < -0.39 is 57.5 Å². The summed E-state index contributed by atoms with van der Waals surface area (Å²) >= 11 is 0. The van der Waals surface area contributed by atoms with Gasteiger partial charge < -0.3 is 29.3 Å². The Morgan fingerprint density at radius 1 is 1.25 bits per heavy atom. The second-order valence-electron chi connectivity index (χ2n) is 9.53. The van der Waals surface area contributed by atoms with Crippen molar-refractivity contribution in [3.63, 3.8) is 0 Å². The molecular weight excluding hydrogens is 544 g/mol. The number of Topliss-reactive ketones (excluding diaryl/α,β-unsaturated/α-hetero) is 1. The lowest BCUT2D eigenvalue weighted by atomic mass is 10.1. The van der Waals surface area contributed by atoms with Gasteiger partial charge in [-0.1, -0.05) is 25.5 Å². The molecule has 2 saturated heterocycles. The number of para-hydroxylation sites is 1. The first-order chi connectivity index (χ1) is 19.1. The van der Waals surface area contributed by atoms with Gasteiger partial charge in [-0.05, 0) is 25.0 Å². The van der Waals surface area contributed by atoms with E-state index in [4.69, 9.17) is 13.9 Å². The number of pyridine rings is 1. The topological polar surface area (TPSA) is 162 Å². The van der Waals surface area contributed by atoms with E-state index in [-0.39, 0.29) is 30.1 Å². The number of hydrogen-bond donors (Lipinski definition) is 1. The first-order valence-corrected chi connectivity index (χ1v) is 14.2. The first-order valence-electron chi connectivity index (χ1n) is 12.7. The largest absolute Gasteiger partial charge is 0.618 e.